The lowest BCUT2D eigenvalue weighted by atomic mass is 10.2. The number of rotatable bonds is 5. The number of fused-ring (bicyclic) bond motifs is 1. The third-order valence-electron chi connectivity index (χ3n) is 5.19. The van der Waals surface area contributed by atoms with E-state index in [-0.39, 0.29) is 12.5 Å². The number of nitrogens with two attached hydrogens (primary N) is 1. The van der Waals surface area contributed by atoms with Gasteiger partial charge in [0.1, 0.15) is 12.3 Å². The summed E-state index contributed by atoms with van der Waals surface area (Å²) in [6, 6.07) is 9.50. The number of ether oxygens (including phenoxy) is 1. The van der Waals surface area contributed by atoms with Crippen LogP contribution in [0.4, 0.5) is 5.69 Å². The molecule has 3 aromatic rings. The van der Waals surface area contributed by atoms with Crippen molar-refractivity contribution < 1.29 is 9.53 Å². The van der Waals surface area contributed by atoms with Crippen LogP contribution in [0.3, 0.4) is 0 Å². The van der Waals surface area contributed by atoms with Gasteiger partial charge in [0.2, 0.25) is 5.91 Å². The summed E-state index contributed by atoms with van der Waals surface area (Å²) in [6.45, 7) is 3.22. The summed E-state index contributed by atoms with van der Waals surface area (Å²) in [4.78, 5) is 21.3. The number of hydrogen-bond acceptors (Lipinski definition) is 6. The number of hydrogen-bond donors (Lipinski definition) is 1. The maximum absolute atomic E-state index is 12.8. The maximum atomic E-state index is 12.8. The highest BCUT2D eigenvalue weighted by Crippen LogP contribution is 2.29. The first kappa shape index (κ1) is 19.5. The number of piperazine rings is 1. The zero-order valence-corrected chi connectivity index (χ0v) is 17.0. The molecule has 1 fully saturated rings. The number of aromatic nitrogens is 3. The van der Waals surface area contributed by atoms with E-state index in [0.29, 0.717) is 36.1 Å². The van der Waals surface area contributed by atoms with Crippen LogP contribution in [0.1, 0.15) is 5.69 Å². The molecular formula is C20H23ClN6O2. The zero-order valence-electron chi connectivity index (χ0n) is 16.2. The molecule has 152 valence electrons. The van der Waals surface area contributed by atoms with Gasteiger partial charge in [0.25, 0.3) is 0 Å². The molecule has 4 rings (SSSR count). The molecule has 1 aliphatic rings. The van der Waals surface area contributed by atoms with E-state index in [0.717, 1.165) is 29.9 Å². The van der Waals surface area contributed by atoms with Crippen molar-refractivity contribution in [3.63, 3.8) is 0 Å². The van der Waals surface area contributed by atoms with Gasteiger partial charge in [-0.2, -0.15) is 5.10 Å². The van der Waals surface area contributed by atoms with Crippen molar-refractivity contribution in [2.24, 2.45) is 5.73 Å². The molecule has 8 nitrogen and oxygen atoms in total. The van der Waals surface area contributed by atoms with Gasteiger partial charge in [-0.25, -0.2) is 9.67 Å². The van der Waals surface area contributed by atoms with Gasteiger partial charge >= 0.3 is 0 Å². The normalized spacial score (nSPS) is 14.4. The van der Waals surface area contributed by atoms with E-state index in [2.05, 4.69) is 15.0 Å². The molecule has 1 saturated heterocycles. The topological polar surface area (TPSA) is 89.5 Å². The summed E-state index contributed by atoms with van der Waals surface area (Å²) in [6.07, 6.45) is 1.70. The average Bonchev–Trinajstić information content (AvgIpc) is 3.12. The number of benzene rings is 1. The smallest absolute Gasteiger partial charge is 0.244 e. The molecule has 0 aliphatic carbocycles. The summed E-state index contributed by atoms with van der Waals surface area (Å²) in [5.41, 5.74) is 8.26. The summed E-state index contributed by atoms with van der Waals surface area (Å²) < 4.78 is 6.95. The Bertz CT molecular complexity index is 1030. The van der Waals surface area contributed by atoms with Crippen LogP contribution in [-0.2, 0) is 17.9 Å². The van der Waals surface area contributed by atoms with Crippen LogP contribution in [-0.4, -0.2) is 58.9 Å². The van der Waals surface area contributed by atoms with Gasteiger partial charge in [0.15, 0.2) is 5.65 Å². The minimum atomic E-state index is 0.0250. The lowest BCUT2D eigenvalue weighted by Crippen LogP contribution is -2.49. The Balaban J connectivity index is 1.42. The molecular weight excluding hydrogens is 392 g/mol. The predicted octanol–water partition coefficient (Wildman–Crippen LogP) is 1.90. The van der Waals surface area contributed by atoms with Crippen molar-refractivity contribution in [2.45, 2.75) is 13.1 Å². The summed E-state index contributed by atoms with van der Waals surface area (Å²) >= 11 is 6.11. The second-order valence-electron chi connectivity index (χ2n) is 6.87. The Morgan fingerprint density at radius 2 is 2.03 bits per heavy atom. The molecule has 9 heteroatoms. The van der Waals surface area contributed by atoms with E-state index in [1.165, 1.54) is 0 Å². The van der Waals surface area contributed by atoms with Crippen LogP contribution >= 0.6 is 11.6 Å². The fourth-order valence-corrected chi connectivity index (χ4v) is 3.82. The number of methoxy groups -OCH3 is 1. The molecule has 0 bridgehead atoms. The predicted molar refractivity (Wildman–Crippen MR) is 112 cm³/mol. The van der Waals surface area contributed by atoms with E-state index in [4.69, 9.17) is 22.1 Å². The first-order valence-corrected chi connectivity index (χ1v) is 9.85. The first-order valence-electron chi connectivity index (χ1n) is 9.47. The third-order valence-corrected chi connectivity index (χ3v) is 5.51. The monoisotopic (exact) mass is 414 g/mol. The van der Waals surface area contributed by atoms with Crippen LogP contribution in [0, 0.1) is 0 Å². The van der Waals surface area contributed by atoms with E-state index in [9.17, 15) is 4.79 Å². The number of halogens is 1. The number of anilines is 1. The van der Waals surface area contributed by atoms with E-state index in [1.807, 2.05) is 35.2 Å². The minimum Gasteiger partial charge on any atom is -0.495 e. The number of amides is 1. The molecule has 1 aliphatic heterocycles. The van der Waals surface area contributed by atoms with E-state index >= 15 is 0 Å². The molecule has 2 aromatic heterocycles. The van der Waals surface area contributed by atoms with Crippen molar-refractivity contribution in [3.05, 3.63) is 47.2 Å². The minimum absolute atomic E-state index is 0.0250. The molecule has 0 spiro atoms. The number of pyridine rings is 1. The zero-order chi connectivity index (χ0) is 20.4. The standard InChI is InChI=1S/C20H23ClN6O2/c1-29-18-11-14(4-5-16(18)21)25-7-9-26(10-8-25)19(28)13-27-20-15(3-2-6-23-20)17(12-22)24-27/h2-6,11H,7-10,12-13,22H2,1H3. The number of nitrogens with zero attached hydrogens (tertiary/aromatic N) is 5. The number of carbonyl (C=O) groups excluding carboxylic acids is 1. The van der Waals surface area contributed by atoms with Crippen molar-refractivity contribution in [1.29, 1.82) is 0 Å². The SMILES string of the molecule is COc1cc(N2CCN(C(=O)Cn3nc(CN)c4cccnc43)CC2)ccc1Cl. The molecule has 0 saturated carbocycles. The quantitative estimate of drug-likeness (QED) is 0.685. The van der Waals surface area contributed by atoms with Crippen molar-refractivity contribution in [2.75, 3.05) is 38.2 Å². The van der Waals surface area contributed by atoms with Crippen molar-refractivity contribution in [3.8, 4) is 5.75 Å². The maximum Gasteiger partial charge on any atom is 0.244 e. The molecule has 2 N–H and O–H groups in total. The Kier molecular flexibility index (Phi) is 5.55. The van der Waals surface area contributed by atoms with Crippen LogP contribution in [0.25, 0.3) is 11.0 Å². The highest BCUT2D eigenvalue weighted by molar-refractivity contribution is 6.32. The largest absolute Gasteiger partial charge is 0.495 e. The van der Waals surface area contributed by atoms with Gasteiger partial charge in [-0.3, -0.25) is 4.79 Å². The molecule has 1 amide bonds. The molecule has 1 aromatic carbocycles. The fraction of sp³-hybridized carbons (Fsp3) is 0.350. The van der Waals surface area contributed by atoms with Gasteiger partial charge < -0.3 is 20.3 Å². The van der Waals surface area contributed by atoms with Gasteiger partial charge in [0.05, 0.1) is 17.8 Å². The Labute approximate surface area is 173 Å². The van der Waals surface area contributed by atoms with Crippen molar-refractivity contribution in [1.82, 2.24) is 19.7 Å². The van der Waals surface area contributed by atoms with E-state index < -0.39 is 0 Å². The Morgan fingerprint density at radius 1 is 1.24 bits per heavy atom. The molecule has 0 radical (unpaired) electrons. The lowest BCUT2D eigenvalue weighted by Gasteiger charge is -2.36. The van der Waals surface area contributed by atoms with Gasteiger partial charge in [-0.1, -0.05) is 11.6 Å². The average molecular weight is 415 g/mol. The Morgan fingerprint density at radius 3 is 2.76 bits per heavy atom. The lowest BCUT2D eigenvalue weighted by molar-refractivity contribution is -0.132. The van der Waals surface area contributed by atoms with Crippen LogP contribution in [0.5, 0.6) is 5.75 Å². The highest BCUT2D eigenvalue weighted by atomic mass is 35.5. The fourth-order valence-electron chi connectivity index (χ4n) is 3.62. The molecule has 29 heavy (non-hydrogen) atoms. The first-order chi connectivity index (χ1) is 14.1. The van der Waals surface area contributed by atoms with E-state index in [1.54, 1.807) is 18.0 Å². The molecule has 0 unspecified atom stereocenters. The van der Waals surface area contributed by atoms with Gasteiger partial charge in [0, 0.05) is 56.1 Å². The third kappa shape index (κ3) is 3.86. The van der Waals surface area contributed by atoms with Gasteiger partial charge in [-0.05, 0) is 24.3 Å². The summed E-state index contributed by atoms with van der Waals surface area (Å²) in [7, 11) is 1.60. The summed E-state index contributed by atoms with van der Waals surface area (Å²) in [5.74, 6) is 0.674. The van der Waals surface area contributed by atoms with Crippen molar-refractivity contribution >= 4 is 34.2 Å². The Hall–Kier alpha value is -2.84. The second-order valence-corrected chi connectivity index (χ2v) is 7.28. The van der Waals surface area contributed by atoms with Crippen LogP contribution < -0.4 is 15.4 Å². The molecule has 0 atom stereocenters. The van der Waals surface area contributed by atoms with Crippen LogP contribution in [0.2, 0.25) is 5.02 Å². The van der Waals surface area contributed by atoms with Crippen LogP contribution in [0.15, 0.2) is 36.5 Å². The number of carbonyl (C=O) groups is 1. The second kappa shape index (κ2) is 8.26. The van der Waals surface area contributed by atoms with Gasteiger partial charge in [-0.15, -0.1) is 0 Å². The highest BCUT2D eigenvalue weighted by Gasteiger charge is 2.23. The molecule has 3 heterocycles. The summed E-state index contributed by atoms with van der Waals surface area (Å²) in [5, 5.41) is 5.96.